The highest BCUT2D eigenvalue weighted by Crippen LogP contribution is 2.59. The first-order chi connectivity index (χ1) is 15.3. The van der Waals surface area contributed by atoms with Gasteiger partial charge in [0.15, 0.2) is 5.82 Å². The predicted molar refractivity (Wildman–Crippen MR) is 121 cm³/mol. The van der Waals surface area contributed by atoms with E-state index < -0.39 is 34.6 Å². The molecule has 0 radical (unpaired) electrons. The standard InChI is InChI=1S/C24H34N4O5/c1-13(2)8-11-28-18(20(30)26-22(4,5)6)24-10-9-23(7,33-24)16(17(24)21(28)31)19(29)25-15-12-14(3)32-27-15/h9-10,12-13,16-18H,8,11H2,1-7H3,(H,26,30)(H,25,27,29)/t16-,17+,18-,23+,24-/m1/s1. The van der Waals surface area contributed by atoms with Crippen LogP contribution in [0.25, 0.3) is 0 Å². The molecular weight excluding hydrogens is 424 g/mol. The van der Waals surface area contributed by atoms with Gasteiger partial charge in [0.1, 0.15) is 17.4 Å². The Labute approximate surface area is 194 Å². The lowest BCUT2D eigenvalue weighted by molar-refractivity contribution is -0.144. The van der Waals surface area contributed by atoms with E-state index in [9.17, 15) is 14.4 Å². The van der Waals surface area contributed by atoms with E-state index in [2.05, 4.69) is 29.6 Å². The summed E-state index contributed by atoms with van der Waals surface area (Å²) in [7, 11) is 0. The van der Waals surface area contributed by atoms with Gasteiger partial charge in [-0.2, -0.15) is 0 Å². The van der Waals surface area contributed by atoms with Gasteiger partial charge in [-0.3, -0.25) is 14.4 Å². The number of carbonyl (C=O) groups excluding carboxylic acids is 3. The average Bonchev–Trinajstić information content (AvgIpc) is 3.36. The van der Waals surface area contributed by atoms with Crippen LogP contribution in [0.2, 0.25) is 0 Å². The van der Waals surface area contributed by atoms with Crippen molar-refractivity contribution in [3.05, 3.63) is 24.0 Å². The summed E-state index contributed by atoms with van der Waals surface area (Å²) in [6.07, 6.45) is 4.38. The molecule has 2 bridgehead atoms. The van der Waals surface area contributed by atoms with Gasteiger partial charge in [-0.05, 0) is 47.0 Å². The zero-order valence-electron chi connectivity index (χ0n) is 20.4. The fourth-order valence-corrected chi connectivity index (χ4v) is 5.33. The van der Waals surface area contributed by atoms with Crippen LogP contribution in [0.3, 0.4) is 0 Å². The normalized spacial score (nSPS) is 32.5. The molecule has 1 spiro atoms. The Hall–Kier alpha value is -2.68. The number of carbonyl (C=O) groups is 3. The number of hydrogen-bond donors (Lipinski definition) is 2. The summed E-state index contributed by atoms with van der Waals surface area (Å²) in [6, 6.07) is 0.767. The molecule has 180 valence electrons. The van der Waals surface area contributed by atoms with Gasteiger partial charge < -0.3 is 24.8 Å². The minimum atomic E-state index is -1.19. The molecule has 2 N–H and O–H groups in total. The first kappa shape index (κ1) is 23.5. The molecule has 9 heteroatoms. The third-order valence-corrected chi connectivity index (χ3v) is 6.65. The van der Waals surface area contributed by atoms with E-state index in [1.807, 2.05) is 32.9 Å². The molecule has 4 heterocycles. The van der Waals surface area contributed by atoms with Crippen molar-refractivity contribution in [3.63, 3.8) is 0 Å². The van der Waals surface area contributed by atoms with Gasteiger partial charge in [0.25, 0.3) is 0 Å². The average molecular weight is 459 g/mol. The highest BCUT2D eigenvalue weighted by atomic mass is 16.5. The van der Waals surface area contributed by atoms with Crippen LogP contribution in [0.5, 0.6) is 0 Å². The van der Waals surface area contributed by atoms with Crippen LogP contribution in [-0.4, -0.2) is 57.1 Å². The predicted octanol–water partition coefficient (Wildman–Crippen LogP) is 2.42. The lowest BCUT2D eigenvalue weighted by Crippen LogP contribution is -2.58. The van der Waals surface area contributed by atoms with Crippen molar-refractivity contribution in [2.24, 2.45) is 17.8 Å². The number of fused-ring (bicyclic) bond motifs is 1. The van der Waals surface area contributed by atoms with Crippen LogP contribution in [-0.2, 0) is 19.1 Å². The molecule has 33 heavy (non-hydrogen) atoms. The smallest absolute Gasteiger partial charge is 0.246 e. The molecule has 4 rings (SSSR count). The minimum absolute atomic E-state index is 0.228. The first-order valence-electron chi connectivity index (χ1n) is 11.5. The molecule has 9 nitrogen and oxygen atoms in total. The zero-order valence-corrected chi connectivity index (χ0v) is 20.4. The molecule has 2 saturated heterocycles. The van der Waals surface area contributed by atoms with Crippen molar-refractivity contribution >= 4 is 23.5 Å². The van der Waals surface area contributed by atoms with Gasteiger partial charge in [-0.25, -0.2) is 0 Å². The lowest BCUT2D eigenvalue weighted by atomic mass is 9.70. The molecular formula is C24H34N4O5. The van der Waals surface area contributed by atoms with Crippen LogP contribution in [0.4, 0.5) is 5.82 Å². The molecule has 1 aromatic heterocycles. The van der Waals surface area contributed by atoms with Crippen LogP contribution in [0.15, 0.2) is 22.7 Å². The van der Waals surface area contributed by atoms with Gasteiger partial charge in [-0.15, -0.1) is 0 Å². The highest BCUT2D eigenvalue weighted by molar-refractivity contribution is 6.03. The fraction of sp³-hybridized carbons (Fsp3) is 0.667. The number of likely N-dealkylation sites (tertiary alicyclic amines) is 1. The topological polar surface area (TPSA) is 114 Å². The second-order valence-corrected chi connectivity index (χ2v) is 11.1. The third-order valence-electron chi connectivity index (χ3n) is 6.65. The molecule has 3 aliphatic rings. The summed E-state index contributed by atoms with van der Waals surface area (Å²) in [4.78, 5) is 42.3. The molecule has 0 aromatic carbocycles. The zero-order chi connectivity index (χ0) is 24.3. The van der Waals surface area contributed by atoms with E-state index in [-0.39, 0.29) is 23.5 Å². The number of nitrogens with one attached hydrogen (secondary N) is 2. The number of nitrogens with zero attached hydrogens (tertiary/aromatic N) is 2. The largest absolute Gasteiger partial charge is 0.360 e. The van der Waals surface area contributed by atoms with E-state index in [0.717, 1.165) is 6.42 Å². The van der Waals surface area contributed by atoms with Crippen LogP contribution in [0.1, 0.15) is 53.7 Å². The van der Waals surface area contributed by atoms with Crippen molar-refractivity contribution in [2.45, 2.75) is 77.7 Å². The van der Waals surface area contributed by atoms with Crippen molar-refractivity contribution in [1.29, 1.82) is 0 Å². The quantitative estimate of drug-likeness (QED) is 0.633. The minimum Gasteiger partial charge on any atom is -0.360 e. The summed E-state index contributed by atoms with van der Waals surface area (Å²) in [5.74, 6) is -1.29. The number of anilines is 1. The summed E-state index contributed by atoms with van der Waals surface area (Å²) in [5.41, 5.74) is -2.68. The third kappa shape index (κ3) is 3.86. The van der Waals surface area contributed by atoms with Crippen molar-refractivity contribution < 1.29 is 23.6 Å². The Kier molecular flexibility index (Phi) is 5.47. The molecule has 0 aliphatic carbocycles. The van der Waals surface area contributed by atoms with Gasteiger partial charge >= 0.3 is 0 Å². The van der Waals surface area contributed by atoms with Crippen molar-refractivity contribution in [3.8, 4) is 0 Å². The Balaban J connectivity index is 1.71. The number of amides is 3. The Bertz CT molecular complexity index is 1010. The van der Waals surface area contributed by atoms with E-state index in [4.69, 9.17) is 9.26 Å². The second-order valence-electron chi connectivity index (χ2n) is 11.1. The van der Waals surface area contributed by atoms with Crippen molar-refractivity contribution in [2.75, 3.05) is 11.9 Å². The molecule has 3 aliphatic heterocycles. The number of hydrogen-bond acceptors (Lipinski definition) is 6. The summed E-state index contributed by atoms with van der Waals surface area (Å²) >= 11 is 0. The molecule has 1 aromatic rings. The van der Waals surface area contributed by atoms with Gasteiger partial charge in [0.05, 0.1) is 17.4 Å². The Morgan fingerprint density at radius 3 is 2.52 bits per heavy atom. The number of ether oxygens (including phenoxy) is 1. The summed E-state index contributed by atoms with van der Waals surface area (Å²) in [6.45, 7) is 13.8. The SMILES string of the molecule is Cc1cc(NC(=O)[C@H]2[C@H]3C(=O)N(CCC(C)C)[C@H](C(=O)NC(C)(C)C)[C@@]34C=C[C@]2(C)O4)no1. The van der Waals surface area contributed by atoms with Gasteiger partial charge in [-0.1, -0.05) is 31.2 Å². The molecule has 5 atom stereocenters. The maximum absolute atomic E-state index is 13.8. The number of aryl methyl sites for hydroxylation is 1. The maximum atomic E-state index is 13.8. The monoisotopic (exact) mass is 458 g/mol. The Morgan fingerprint density at radius 2 is 1.94 bits per heavy atom. The van der Waals surface area contributed by atoms with E-state index in [1.165, 1.54) is 0 Å². The second kappa shape index (κ2) is 7.68. The molecule has 2 fully saturated rings. The fourth-order valence-electron chi connectivity index (χ4n) is 5.33. The van der Waals surface area contributed by atoms with E-state index in [1.54, 1.807) is 24.8 Å². The maximum Gasteiger partial charge on any atom is 0.246 e. The molecule has 0 unspecified atom stereocenters. The molecule has 3 amide bonds. The van der Waals surface area contributed by atoms with E-state index >= 15 is 0 Å². The van der Waals surface area contributed by atoms with E-state index in [0.29, 0.717) is 18.2 Å². The lowest BCUT2D eigenvalue weighted by Gasteiger charge is -2.35. The van der Waals surface area contributed by atoms with Crippen LogP contribution in [0, 0.1) is 24.7 Å². The van der Waals surface area contributed by atoms with Crippen molar-refractivity contribution in [1.82, 2.24) is 15.4 Å². The highest BCUT2D eigenvalue weighted by Gasteiger charge is 2.76. The van der Waals surface area contributed by atoms with Gasteiger partial charge in [0, 0.05) is 18.2 Å². The number of rotatable bonds is 6. The van der Waals surface area contributed by atoms with Crippen LogP contribution >= 0.6 is 0 Å². The summed E-state index contributed by atoms with van der Waals surface area (Å²) in [5, 5.41) is 9.62. The Morgan fingerprint density at radius 1 is 1.24 bits per heavy atom. The molecule has 0 saturated carbocycles. The van der Waals surface area contributed by atoms with Gasteiger partial charge in [0.2, 0.25) is 17.7 Å². The first-order valence-corrected chi connectivity index (χ1v) is 11.5. The number of aromatic nitrogens is 1. The summed E-state index contributed by atoms with van der Waals surface area (Å²) < 4.78 is 11.5. The van der Waals surface area contributed by atoms with Crippen LogP contribution < -0.4 is 10.6 Å².